The molecule has 0 N–H and O–H groups in total. The molecule has 1 aromatic carbocycles. The van der Waals surface area contributed by atoms with Crippen LogP contribution < -0.4 is 4.90 Å². The molecule has 1 heterocycles. The van der Waals surface area contributed by atoms with Crippen molar-refractivity contribution in [1.82, 2.24) is 0 Å². The third kappa shape index (κ3) is 2.65. The maximum Gasteiger partial charge on any atom is 0.307 e. The van der Waals surface area contributed by atoms with Crippen molar-refractivity contribution in [1.29, 1.82) is 5.26 Å². The summed E-state index contributed by atoms with van der Waals surface area (Å²) in [6, 6.07) is 6.81. The number of benzene rings is 1. The minimum Gasteiger partial charge on any atom is -0.311 e. The smallest absolute Gasteiger partial charge is 0.307 e. The summed E-state index contributed by atoms with van der Waals surface area (Å²) in [5.74, 6) is -0.421. The number of aryl methyl sites for hydroxylation is 1. The van der Waals surface area contributed by atoms with Crippen LogP contribution in [0.2, 0.25) is 0 Å². The number of carbonyl (C=O) groups is 1. The van der Waals surface area contributed by atoms with Crippen LogP contribution in [0, 0.1) is 11.3 Å². The van der Waals surface area contributed by atoms with E-state index >= 15 is 0 Å². The van der Waals surface area contributed by atoms with Gasteiger partial charge in [-0.1, -0.05) is 6.92 Å². The predicted octanol–water partition coefficient (Wildman–Crippen LogP) is 1.53. The molecule has 1 fully saturated rings. The van der Waals surface area contributed by atoms with Gasteiger partial charge in [0.2, 0.25) is 5.91 Å². The maximum absolute atomic E-state index is 13.0. The van der Waals surface area contributed by atoms with Crippen LogP contribution in [0.3, 0.4) is 0 Å². The Bertz CT molecular complexity index is 694. The zero-order chi connectivity index (χ0) is 14.9. The average Bonchev–Trinajstić information content (AvgIpc) is 2.80. The number of anilines is 1. The summed E-state index contributed by atoms with van der Waals surface area (Å²) < 4.78 is 34.9. The first kappa shape index (κ1) is 14.5. The largest absolute Gasteiger partial charge is 0.311 e. The number of nitriles is 1. The number of carbonyl (C=O) groups excluding carboxylic acids is 1. The van der Waals surface area contributed by atoms with Gasteiger partial charge in [-0.25, -0.2) is 0 Å². The van der Waals surface area contributed by atoms with Crippen LogP contribution >= 0.6 is 0 Å². The lowest BCUT2D eigenvalue weighted by Crippen LogP contribution is -2.27. The number of hydrogen-bond acceptors (Lipinski definition) is 4. The van der Waals surface area contributed by atoms with E-state index in [1.54, 1.807) is 18.2 Å². The molecule has 106 valence electrons. The molecule has 1 aliphatic heterocycles. The van der Waals surface area contributed by atoms with Gasteiger partial charge in [-0.15, -0.1) is 3.89 Å². The summed E-state index contributed by atoms with van der Waals surface area (Å²) in [4.78, 5) is 13.2. The third-order valence-electron chi connectivity index (χ3n) is 3.37. The summed E-state index contributed by atoms with van der Waals surface area (Å²) >= 11 is 0. The van der Waals surface area contributed by atoms with Crippen LogP contribution in [0.4, 0.5) is 9.57 Å². The van der Waals surface area contributed by atoms with E-state index in [9.17, 15) is 17.1 Å². The number of rotatable bonds is 3. The van der Waals surface area contributed by atoms with E-state index < -0.39 is 21.4 Å². The van der Waals surface area contributed by atoms with Crippen LogP contribution in [-0.2, 0) is 21.4 Å². The van der Waals surface area contributed by atoms with Crippen LogP contribution in [-0.4, -0.2) is 26.1 Å². The molecule has 1 aromatic rings. The average molecular weight is 296 g/mol. The third-order valence-corrected chi connectivity index (χ3v) is 4.48. The molecule has 1 aliphatic rings. The van der Waals surface area contributed by atoms with Gasteiger partial charge in [0.1, 0.15) is 5.25 Å². The number of hydrogen-bond donors (Lipinski definition) is 0. The number of amides is 1. The second-order valence-electron chi connectivity index (χ2n) is 4.61. The lowest BCUT2D eigenvalue weighted by atomic mass is 10.1. The highest BCUT2D eigenvalue weighted by Gasteiger charge is 2.39. The van der Waals surface area contributed by atoms with Crippen molar-refractivity contribution in [3.8, 4) is 6.07 Å². The van der Waals surface area contributed by atoms with E-state index in [1.165, 1.54) is 4.90 Å². The topological polar surface area (TPSA) is 78.2 Å². The molecule has 1 saturated heterocycles. The Hall–Kier alpha value is -1.94. The predicted molar refractivity (Wildman–Crippen MR) is 71.3 cm³/mol. The lowest BCUT2D eigenvalue weighted by Gasteiger charge is -2.19. The SMILES string of the molecule is CCc1cc(C#N)ccc1N1CC(S(=O)(=O)F)CC1=O. The fraction of sp³-hybridized carbons (Fsp3) is 0.385. The molecule has 7 heteroatoms. The molecule has 5 nitrogen and oxygen atoms in total. The highest BCUT2D eigenvalue weighted by atomic mass is 32.3. The van der Waals surface area contributed by atoms with E-state index in [0.717, 1.165) is 5.56 Å². The lowest BCUT2D eigenvalue weighted by molar-refractivity contribution is -0.117. The molecule has 0 saturated carbocycles. The molecular weight excluding hydrogens is 283 g/mol. The number of nitrogens with zero attached hydrogens (tertiary/aromatic N) is 2. The van der Waals surface area contributed by atoms with Crippen molar-refractivity contribution in [2.24, 2.45) is 0 Å². The van der Waals surface area contributed by atoms with E-state index in [1.807, 2.05) is 13.0 Å². The van der Waals surface area contributed by atoms with Crippen LogP contribution in [0.15, 0.2) is 18.2 Å². The Kier molecular flexibility index (Phi) is 3.77. The van der Waals surface area contributed by atoms with Crippen LogP contribution in [0.1, 0.15) is 24.5 Å². The van der Waals surface area contributed by atoms with Crippen LogP contribution in [0.5, 0.6) is 0 Å². The molecule has 0 radical (unpaired) electrons. The quantitative estimate of drug-likeness (QED) is 0.792. The van der Waals surface area contributed by atoms with E-state index in [0.29, 0.717) is 17.7 Å². The summed E-state index contributed by atoms with van der Waals surface area (Å²) in [5.41, 5.74) is 1.77. The first-order chi connectivity index (χ1) is 9.36. The van der Waals surface area contributed by atoms with Crippen molar-refractivity contribution >= 4 is 21.8 Å². The van der Waals surface area contributed by atoms with Crippen molar-refractivity contribution in [2.45, 2.75) is 25.0 Å². The van der Waals surface area contributed by atoms with Gasteiger partial charge >= 0.3 is 10.2 Å². The Morgan fingerprint density at radius 1 is 1.50 bits per heavy atom. The molecule has 1 amide bonds. The summed E-state index contributed by atoms with van der Waals surface area (Å²) in [6.07, 6.45) is 0.240. The number of halogens is 1. The Labute approximate surface area is 116 Å². The van der Waals surface area contributed by atoms with Crippen molar-refractivity contribution in [3.05, 3.63) is 29.3 Å². The van der Waals surface area contributed by atoms with Gasteiger partial charge in [0.15, 0.2) is 0 Å². The summed E-state index contributed by atoms with van der Waals surface area (Å²) in [5, 5.41) is 7.55. The van der Waals surface area contributed by atoms with Gasteiger partial charge in [-0.3, -0.25) is 4.79 Å². The molecule has 0 spiro atoms. The Morgan fingerprint density at radius 3 is 2.70 bits per heavy atom. The van der Waals surface area contributed by atoms with Crippen molar-refractivity contribution in [3.63, 3.8) is 0 Å². The standard InChI is InChI=1S/C13H13FN2O3S/c1-2-10-5-9(7-15)3-4-12(10)16-8-11(6-13(16)17)20(14,18)19/h3-5,11H,2,6,8H2,1H3. The molecule has 0 aromatic heterocycles. The fourth-order valence-corrected chi connectivity index (χ4v) is 2.97. The molecule has 20 heavy (non-hydrogen) atoms. The minimum atomic E-state index is -4.72. The summed E-state index contributed by atoms with van der Waals surface area (Å²) in [7, 11) is -4.72. The molecule has 0 aliphatic carbocycles. The zero-order valence-electron chi connectivity index (χ0n) is 10.8. The summed E-state index contributed by atoms with van der Waals surface area (Å²) in [6.45, 7) is 1.68. The molecule has 1 unspecified atom stereocenters. The first-order valence-electron chi connectivity index (χ1n) is 6.13. The molecule has 1 atom stereocenters. The van der Waals surface area contributed by atoms with E-state index in [-0.39, 0.29) is 13.0 Å². The molecule has 2 rings (SSSR count). The van der Waals surface area contributed by atoms with Gasteiger partial charge in [0, 0.05) is 18.7 Å². The minimum absolute atomic E-state index is 0.184. The highest BCUT2D eigenvalue weighted by Crippen LogP contribution is 2.29. The van der Waals surface area contributed by atoms with E-state index in [2.05, 4.69) is 0 Å². The van der Waals surface area contributed by atoms with Crippen LogP contribution in [0.25, 0.3) is 0 Å². The van der Waals surface area contributed by atoms with Gasteiger partial charge < -0.3 is 4.90 Å². The second-order valence-corrected chi connectivity index (χ2v) is 6.23. The fourth-order valence-electron chi connectivity index (χ4n) is 2.30. The molecular formula is C13H13FN2O3S. The van der Waals surface area contributed by atoms with Crippen molar-refractivity contribution in [2.75, 3.05) is 11.4 Å². The van der Waals surface area contributed by atoms with Crippen molar-refractivity contribution < 1.29 is 17.1 Å². The van der Waals surface area contributed by atoms with Gasteiger partial charge in [0.05, 0.1) is 11.6 Å². The Morgan fingerprint density at radius 2 is 2.20 bits per heavy atom. The normalized spacial score (nSPS) is 19.1. The van der Waals surface area contributed by atoms with Gasteiger partial charge in [-0.05, 0) is 30.2 Å². The first-order valence-corrected chi connectivity index (χ1v) is 7.58. The van der Waals surface area contributed by atoms with Gasteiger partial charge in [0.25, 0.3) is 0 Å². The maximum atomic E-state index is 13.0. The highest BCUT2D eigenvalue weighted by molar-refractivity contribution is 7.87. The molecule has 0 bridgehead atoms. The Balaban J connectivity index is 2.38. The monoisotopic (exact) mass is 296 g/mol. The zero-order valence-corrected chi connectivity index (χ0v) is 11.7. The van der Waals surface area contributed by atoms with E-state index in [4.69, 9.17) is 5.26 Å². The second kappa shape index (κ2) is 5.21. The van der Waals surface area contributed by atoms with Gasteiger partial charge in [-0.2, -0.15) is 13.7 Å².